The van der Waals surface area contributed by atoms with Crippen LogP contribution in [0.25, 0.3) is 11.1 Å². The van der Waals surface area contributed by atoms with Crippen LogP contribution in [0, 0.1) is 5.41 Å². The van der Waals surface area contributed by atoms with Crippen molar-refractivity contribution in [2.45, 2.75) is 4.90 Å². The van der Waals surface area contributed by atoms with E-state index >= 15 is 0 Å². The first-order chi connectivity index (χ1) is 17.7. The summed E-state index contributed by atoms with van der Waals surface area (Å²) in [6.07, 6.45) is 0. The van der Waals surface area contributed by atoms with Gasteiger partial charge in [0.25, 0.3) is 5.91 Å². The third-order valence-corrected chi connectivity index (χ3v) is 6.50. The lowest BCUT2D eigenvalue weighted by atomic mass is 10.1. The Morgan fingerprint density at radius 1 is 0.892 bits per heavy atom. The number of hydrogen-bond acceptors (Lipinski definition) is 6. The van der Waals surface area contributed by atoms with Crippen molar-refractivity contribution in [2.24, 2.45) is 10.9 Å². The highest BCUT2D eigenvalue weighted by molar-refractivity contribution is 7.89. The van der Waals surface area contributed by atoms with E-state index in [1.807, 2.05) is 0 Å². The smallest absolute Gasteiger partial charge is 0.259 e. The fourth-order valence-corrected chi connectivity index (χ4v) is 4.45. The predicted molar refractivity (Wildman–Crippen MR) is 145 cm³/mol. The van der Waals surface area contributed by atoms with E-state index < -0.39 is 15.9 Å². The van der Waals surface area contributed by atoms with Gasteiger partial charge in [-0.15, -0.1) is 0 Å². The first kappa shape index (κ1) is 25.4. The normalized spacial score (nSPS) is 11.0. The molecule has 9 nitrogen and oxygen atoms in total. The van der Waals surface area contributed by atoms with E-state index in [4.69, 9.17) is 21.0 Å². The molecule has 4 aromatic rings. The van der Waals surface area contributed by atoms with Gasteiger partial charge in [0.1, 0.15) is 17.3 Å². The van der Waals surface area contributed by atoms with Gasteiger partial charge in [-0.05, 0) is 48.0 Å². The molecule has 0 fully saturated rings. The van der Waals surface area contributed by atoms with Crippen LogP contribution in [0.5, 0.6) is 11.5 Å². The van der Waals surface area contributed by atoms with Crippen LogP contribution in [-0.2, 0) is 10.0 Å². The lowest BCUT2D eigenvalue weighted by molar-refractivity contribution is 0.102. The summed E-state index contributed by atoms with van der Waals surface area (Å²) in [6.45, 7) is 0. The maximum Gasteiger partial charge on any atom is 0.259 e. The third-order valence-electron chi connectivity index (χ3n) is 5.54. The maximum atomic E-state index is 13.2. The number of ether oxygens (including phenoxy) is 1. The van der Waals surface area contributed by atoms with E-state index in [1.54, 1.807) is 92.0 Å². The van der Waals surface area contributed by atoms with Gasteiger partial charge < -0.3 is 21.1 Å². The molecule has 10 heteroatoms. The first-order valence-electron chi connectivity index (χ1n) is 11.1. The molecule has 0 aliphatic carbocycles. The minimum atomic E-state index is -3.90. The highest BCUT2D eigenvalue weighted by Crippen LogP contribution is 2.31. The second kappa shape index (κ2) is 10.5. The number of carbonyl (C=O) groups excluding carboxylic acids is 1. The summed E-state index contributed by atoms with van der Waals surface area (Å²) in [6, 6.07) is 25.0. The number of benzene rings is 4. The minimum absolute atomic E-state index is 0.0204. The van der Waals surface area contributed by atoms with Crippen molar-refractivity contribution < 1.29 is 17.9 Å². The van der Waals surface area contributed by atoms with Crippen molar-refractivity contribution in [3.63, 3.8) is 0 Å². The van der Waals surface area contributed by atoms with Gasteiger partial charge in [-0.1, -0.05) is 42.5 Å². The summed E-state index contributed by atoms with van der Waals surface area (Å²) in [5.41, 5.74) is 8.71. The second-order valence-electron chi connectivity index (χ2n) is 8.08. The van der Waals surface area contributed by atoms with Gasteiger partial charge >= 0.3 is 0 Å². The summed E-state index contributed by atoms with van der Waals surface area (Å²) < 4.78 is 29.9. The number of nitrogens with one attached hydrogen (secondary N) is 3. The fraction of sp³-hybridized carbons (Fsp3) is 0.0370. The molecule has 0 saturated heterocycles. The van der Waals surface area contributed by atoms with E-state index in [0.717, 1.165) is 5.69 Å². The van der Waals surface area contributed by atoms with E-state index in [0.29, 0.717) is 33.9 Å². The SMILES string of the molecule is CNc1ccc(C(=O)Nc2ccc(-c3ccccc3S(N)(=O)=O)cc2)c(Oc2cccc(C(=N)N)c2)c1. The molecule has 4 rings (SSSR count). The highest BCUT2D eigenvalue weighted by Gasteiger charge is 2.17. The average Bonchev–Trinajstić information content (AvgIpc) is 2.88. The van der Waals surface area contributed by atoms with Gasteiger partial charge in [-0.25, -0.2) is 13.6 Å². The molecule has 7 N–H and O–H groups in total. The number of carbonyl (C=O) groups is 1. The number of anilines is 2. The Morgan fingerprint density at radius 2 is 1.59 bits per heavy atom. The largest absolute Gasteiger partial charge is 0.456 e. The van der Waals surface area contributed by atoms with E-state index in [1.165, 1.54) is 6.07 Å². The van der Waals surface area contributed by atoms with Crippen LogP contribution in [-0.4, -0.2) is 27.2 Å². The minimum Gasteiger partial charge on any atom is -0.456 e. The van der Waals surface area contributed by atoms with E-state index in [9.17, 15) is 13.2 Å². The number of nitrogen functional groups attached to an aromatic ring is 1. The zero-order valence-corrected chi connectivity index (χ0v) is 20.7. The van der Waals surface area contributed by atoms with Gasteiger partial charge in [-0.3, -0.25) is 10.2 Å². The fourth-order valence-electron chi connectivity index (χ4n) is 3.69. The summed E-state index contributed by atoms with van der Waals surface area (Å²) in [7, 11) is -2.14. The zero-order valence-electron chi connectivity index (χ0n) is 19.9. The Hall–Kier alpha value is -4.67. The molecular weight excluding hydrogens is 490 g/mol. The summed E-state index contributed by atoms with van der Waals surface area (Å²) >= 11 is 0. The standard InChI is InChI=1S/C27H25N5O4S/c1-31-20-13-14-23(24(16-20)36-21-6-4-5-18(15-21)26(28)29)27(33)32-19-11-9-17(10-12-19)22-7-2-3-8-25(22)37(30,34)35/h2-16,31H,1H3,(H3,28,29)(H,32,33)(H2,30,34,35). The number of rotatable bonds is 8. The lowest BCUT2D eigenvalue weighted by Crippen LogP contribution is -2.14. The Balaban J connectivity index is 1.59. The van der Waals surface area contributed by atoms with Gasteiger partial charge in [0.2, 0.25) is 10.0 Å². The Bertz CT molecular complexity index is 1580. The Labute approximate surface area is 214 Å². The van der Waals surface area contributed by atoms with Crippen LogP contribution in [0.4, 0.5) is 11.4 Å². The molecular formula is C27H25N5O4S. The molecule has 0 saturated carbocycles. The zero-order chi connectivity index (χ0) is 26.6. The molecule has 0 aromatic heterocycles. The number of amidine groups is 1. The first-order valence-corrected chi connectivity index (χ1v) is 12.7. The molecule has 37 heavy (non-hydrogen) atoms. The van der Waals surface area contributed by atoms with Crippen molar-refractivity contribution in [2.75, 3.05) is 17.7 Å². The van der Waals surface area contributed by atoms with Crippen LogP contribution in [0.15, 0.2) is 95.9 Å². The number of hydrogen-bond donors (Lipinski definition) is 5. The molecule has 188 valence electrons. The lowest BCUT2D eigenvalue weighted by Gasteiger charge is -2.14. The summed E-state index contributed by atoms with van der Waals surface area (Å²) in [5.74, 6) is 0.234. The molecule has 0 aliphatic heterocycles. The monoisotopic (exact) mass is 515 g/mol. The highest BCUT2D eigenvalue weighted by atomic mass is 32.2. The van der Waals surface area contributed by atoms with Crippen molar-refractivity contribution in [1.82, 2.24) is 0 Å². The quantitative estimate of drug-likeness (QED) is 0.173. The third kappa shape index (κ3) is 5.95. The van der Waals surface area contributed by atoms with Gasteiger partial charge in [0, 0.05) is 35.6 Å². The van der Waals surface area contributed by atoms with Crippen LogP contribution in [0.3, 0.4) is 0 Å². The Kier molecular flexibility index (Phi) is 7.23. The number of nitrogens with two attached hydrogens (primary N) is 2. The van der Waals surface area contributed by atoms with Gasteiger partial charge in [0.05, 0.1) is 10.5 Å². The molecule has 0 spiro atoms. The molecule has 0 radical (unpaired) electrons. The maximum absolute atomic E-state index is 13.2. The van der Waals surface area contributed by atoms with Gasteiger partial charge in [-0.2, -0.15) is 0 Å². The number of primary sulfonamides is 1. The average molecular weight is 516 g/mol. The van der Waals surface area contributed by atoms with Gasteiger partial charge in [0.15, 0.2) is 0 Å². The molecule has 0 bridgehead atoms. The second-order valence-corrected chi connectivity index (χ2v) is 9.61. The van der Waals surface area contributed by atoms with Crippen LogP contribution in [0.2, 0.25) is 0 Å². The molecule has 0 atom stereocenters. The summed E-state index contributed by atoms with van der Waals surface area (Å²) in [5, 5.41) is 18.8. The molecule has 0 aliphatic rings. The molecule has 0 unspecified atom stereocenters. The van der Waals surface area contributed by atoms with Crippen LogP contribution >= 0.6 is 0 Å². The van der Waals surface area contributed by atoms with Crippen LogP contribution in [0.1, 0.15) is 15.9 Å². The van der Waals surface area contributed by atoms with Crippen molar-refractivity contribution >= 4 is 33.1 Å². The van der Waals surface area contributed by atoms with Crippen molar-refractivity contribution in [3.05, 3.63) is 102 Å². The van der Waals surface area contributed by atoms with Crippen LogP contribution < -0.4 is 26.2 Å². The van der Waals surface area contributed by atoms with E-state index in [2.05, 4.69) is 10.6 Å². The molecule has 0 heterocycles. The Morgan fingerprint density at radius 3 is 2.27 bits per heavy atom. The molecule has 1 amide bonds. The number of sulfonamides is 1. The predicted octanol–water partition coefficient (Wildman–Crippen LogP) is 4.37. The summed E-state index contributed by atoms with van der Waals surface area (Å²) in [4.78, 5) is 13.2. The van der Waals surface area contributed by atoms with Crippen molar-refractivity contribution in [1.29, 1.82) is 5.41 Å². The van der Waals surface area contributed by atoms with E-state index in [-0.39, 0.29) is 16.3 Å². The number of amides is 1. The molecule has 4 aromatic carbocycles. The van der Waals surface area contributed by atoms with Crippen molar-refractivity contribution in [3.8, 4) is 22.6 Å². The topological polar surface area (TPSA) is 160 Å².